The van der Waals surface area contributed by atoms with Gasteiger partial charge in [-0.2, -0.15) is 0 Å². The average molecular weight is 478 g/mol. The molecule has 4 heterocycles. The molecule has 35 heavy (non-hydrogen) atoms. The largest absolute Gasteiger partial charge is 0.367 e. The second kappa shape index (κ2) is 10.7. The van der Waals surface area contributed by atoms with Crippen molar-refractivity contribution in [1.82, 2.24) is 30.0 Å². The number of piperidine rings is 1. The highest BCUT2D eigenvalue weighted by Gasteiger charge is 2.29. The number of rotatable bonds is 8. The molecule has 0 saturated carbocycles. The fraction of sp³-hybridized carbons (Fsp3) is 0.538. The molecule has 9 nitrogen and oxygen atoms in total. The highest BCUT2D eigenvalue weighted by atomic mass is 16.2. The first-order valence-electron chi connectivity index (χ1n) is 12.7. The lowest BCUT2D eigenvalue weighted by molar-refractivity contribution is -0.129. The van der Waals surface area contributed by atoms with Crippen LogP contribution in [0.1, 0.15) is 47.8 Å². The molecule has 2 aromatic rings. The Morgan fingerprint density at radius 2 is 1.77 bits per heavy atom. The van der Waals surface area contributed by atoms with Crippen LogP contribution >= 0.6 is 0 Å². The Labute approximate surface area is 206 Å². The zero-order valence-corrected chi connectivity index (χ0v) is 20.4. The third-order valence-corrected chi connectivity index (χ3v) is 7.47. The number of aromatic nitrogens is 2. The van der Waals surface area contributed by atoms with Gasteiger partial charge in [0, 0.05) is 64.3 Å². The first-order valence-corrected chi connectivity index (χ1v) is 12.7. The van der Waals surface area contributed by atoms with Gasteiger partial charge in [0.05, 0.1) is 0 Å². The van der Waals surface area contributed by atoms with Gasteiger partial charge in [-0.15, -0.1) is 0 Å². The van der Waals surface area contributed by atoms with E-state index in [9.17, 15) is 9.59 Å². The zero-order chi connectivity index (χ0) is 24.2. The van der Waals surface area contributed by atoms with Gasteiger partial charge in [-0.25, -0.2) is 9.97 Å². The fourth-order valence-corrected chi connectivity index (χ4v) is 5.26. The molecule has 2 N–H and O–H groups in total. The van der Waals surface area contributed by atoms with E-state index in [0.717, 1.165) is 58.7 Å². The third-order valence-electron chi connectivity index (χ3n) is 7.47. The summed E-state index contributed by atoms with van der Waals surface area (Å²) in [5, 5.41) is 6.53. The Balaban J connectivity index is 1.14. The van der Waals surface area contributed by atoms with Crippen LogP contribution < -0.4 is 10.6 Å². The van der Waals surface area contributed by atoms with Crippen LogP contribution in [0.15, 0.2) is 36.7 Å². The maximum Gasteiger partial charge on any atom is 0.270 e. The van der Waals surface area contributed by atoms with E-state index in [1.54, 1.807) is 13.0 Å². The van der Waals surface area contributed by atoms with Gasteiger partial charge in [-0.3, -0.25) is 19.4 Å². The minimum atomic E-state index is -0.169. The van der Waals surface area contributed by atoms with Crippen molar-refractivity contribution < 1.29 is 9.59 Å². The number of carbonyl (C=O) groups is 2. The molecule has 1 aromatic carbocycles. The molecule has 9 heteroatoms. The second-order valence-corrected chi connectivity index (χ2v) is 9.90. The molecule has 1 unspecified atom stereocenters. The van der Waals surface area contributed by atoms with Crippen molar-refractivity contribution in [2.24, 2.45) is 0 Å². The molecule has 1 atom stereocenters. The van der Waals surface area contributed by atoms with E-state index in [1.165, 1.54) is 23.9 Å². The first-order chi connectivity index (χ1) is 17.0. The summed E-state index contributed by atoms with van der Waals surface area (Å²) in [6.07, 6.45) is 4.39. The molecule has 2 amide bonds. The number of hydrogen-bond acceptors (Lipinski definition) is 7. The Morgan fingerprint density at radius 1 is 1.06 bits per heavy atom. The van der Waals surface area contributed by atoms with E-state index < -0.39 is 0 Å². The molecule has 0 spiro atoms. The van der Waals surface area contributed by atoms with Crippen molar-refractivity contribution in [2.45, 2.75) is 51.4 Å². The van der Waals surface area contributed by atoms with E-state index in [1.807, 2.05) is 4.90 Å². The lowest BCUT2D eigenvalue weighted by Crippen LogP contribution is -2.54. The molecule has 186 valence electrons. The highest BCUT2D eigenvalue weighted by Crippen LogP contribution is 2.24. The van der Waals surface area contributed by atoms with Crippen molar-refractivity contribution in [3.05, 3.63) is 53.5 Å². The molecule has 0 bridgehead atoms. The number of fused-ring (bicyclic) bond motifs is 1. The highest BCUT2D eigenvalue weighted by molar-refractivity contribution is 5.92. The summed E-state index contributed by atoms with van der Waals surface area (Å²) in [6.45, 7) is 8.75. The van der Waals surface area contributed by atoms with E-state index in [2.05, 4.69) is 54.7 Å². The fourth-order valence-electron chi connectivity index (χ4n) is 5.26. The molecular formula is C26H35N7O2. The van der Waals surface area contributed by atoms with Crippen LogP contribution in [0.25, 0.3) is 0 Å². The maximum absolute atomic E-state index is 13.0. The molecule has 2 fully saturated rings. The minimum absolute atomic E-state index is 0.121. The molecule has 1 aromatic heterocycles. The SMILES string of the molecule is CC(=O)N1CCC(Nc2cc(C(=O)NCC(CN3Cc4ccccc4C3)N3CCC3)ncn2)CC1. The molecule has 3 aliphatic heterocycles. The van der Waals surface area contributed by atoms with E-state index >= 15 is 0 Å². The number of amides is 2. The second-order valence-electron chi connectivity index (χ2n) is 9.90. The number of carbonyl (C=O) groups excluding carboxylic acids is 2. The summed E-state index contributed by atoms with van der Waals surface area (Å²) in [5.74, 6) is 0.605. The van der Waals surface area contributed by atoms with Crippen LogP contribution in [-0.4, -0.2) is 87.8 Å². The lowest BCUT2D eigenvalue weighted by Gasteiger charge is -2.40. The number of hydrogen-bond donors (Lipinski definition) is 2. The van der Waals surface area contributed by atoms with Gasteiger partial charge in [0.15, 0.2) is 0 Å². The normalized spacial score (nSPS) is 19.6. The van der Waals surface area contributed by atoms with Gasteiger partial charge < -0.3 is 15.5 Å². The molecule has 2 saturated heterocycles. The average Bonchev–Trinajstić information content (AvgIpc) is 3.24. The minimum Gasteiger partial charge on any atom is -0.367 e. The number of anilines is 1. The summed E-state index contributed by atoms with van der Waals surface area (Å²) in [7, 11) is 0. The summed E-state index contributed by atoms with van der Waals surface area (Å²) in [4.78, 5) is 39.8. The van der Waals surface area contributed by atoms with Crippen molar-refractivity contribution in [2.75, 3.05) is 44.6 Å². The topological polar surface area (TPSA) is 93.7 Å². The van der Waals surface area contributed by atoms with Crippen LogP contribution in [0, 0.1) is 0 Å². The van der Waals surface area contributed by atoms with Crippen molar-refractivity contribution in [3.8, 4) is 0 Å². The monoisotopic (exact) mass is 477 g/mol. The quantitative estimate of drug-likeness (QED) is 0.598. The number of benzene rings is 1. The molecule has 0 radical (unpaired) electrons. The van der Waals surface area contributed by atoms with Crippen LogP contribution in [0.5, 0.6) is 0 Å². The summed E-state index contributed by atoms with van der Waals surface area (Å²) in [6, 6.07) is 10.9. The Morgan fingerprint density at radius 3 is 2.40 bits per heavy atom. The first kappa shape index (κ1) is 23.7. The molecular weight excluding hydrogens is 442 g/mol. The van der Waals surface area contributed by atoms with Crippen LogP contribution in [0.3, 0.4) is 0 Å². The van der Waals surface area contributed by atoms with Crippen LogP contribution in [-0.2, 0) is 17.9 Å². The molecule has 5 rings (SSSR count). The Kier molecular flexibility index (Phi) is 7.24. The maximum atomic E-state index is 13.0. The number of nitrogens with zero attached hydrogens (tertiary/aromatic N) is 5. The van der Waals surface area contributed by atoms with E-state index in [0.29, 0.717) is 18.1 Å². The van der Waals surface area contributed by atoms with Gasteiger partial charge in [-0.05, 0) is 43.5 Å². The van der Waals surface area contributed by atoms with E-state index in [4.69, 9.17) is 0 Å². The summed E-state index contributed by atoms with van der Waals surface area (Å²) in [5.41, 5.74) is 3.19. The Hall–Kier alpha value is -3.04. The Bertz CT molecular complexity index is 1020. The zero-order valence-electron chi connectivity index (χ0n) is 20.4. The predicted octanol–water partition coefficient (Wildman–Crippen LogP) is 1.72. The molecule has 3 aliphatic rings. The lowest BCUT2D eigenvalue weighted by atomic mass is 10.1. The number of nitrogens with one attached hydrogen (secondary N) is 2. The number of likely N-dealkylation sites (tertiary alicyclic amines) is 2. The van der Waals surface area contributed by atoms with Crippen molar-refractivity contribution in [1.29, 1.82) is 0 Å². The van der Waals surface area contributed by atoms with Gasteiger partial charge in [0.2, 0.25) is 5.91 Å². The van der Waals surface area contributed by atoms with Gasteiger partial charge in [0.1, 0.15) is 17.8 Å². The van der Waals surface area contributed by atoms with Crippen LogP contribution in [0.4, 0.5) is 5.82 Å². The van der Waals surface area contributed by atoms with Gasteiger partial charge in [0.25, 0.3) is 5.91 Å². The van der Waals surface area contributed by atoms with Gasteiger partial charge in [-0.1, -0.05) is 24.3 Å². The van der Waals surface area contributed by atoms with E-state index in [-0.39, 0.29) is 23.9 Å². The molecule has 0 aliphatic carbocycles. The van der Waals surface area contributed by atoms with Crippen LogP contribution in [0.2, 0.25) is 0 Å². The standard InChI is InChI=1S/C26H35N7O2/c1-19(34)32-11-7-22(8-12-32)30-25-13-24(28-18-29-25)26(35)27-14-23(33-9-4-10-33)17-31-15-20-5-2-3-6-21(20)16-31/h2-3,5-6,13,18,22-23H,4,7-12,14-17H2,1H3,(H,27,35)(H,28,29,30). The third kappa shape index (κ3) is 5.79. The van der Waals surface area contributed by atoms with Crippen molar-refractivity contribution >= 4 is 17.6 Å². The van der Waals surface area contributed by atoms with Crippen molar-refractivity contribution in [3.63, 3.8) is 0 Å². The predicted molar refractivity (Wildman–Crippen MR) is 134 cm³/mol. The summed E-state index contributed by atoms with van der Waals surface area (Å²) < 4.78 is 0. The smallest absolute Gasteiger partial charge is 0.270 e. The van der Waals surface area contributed by atoms with Gasteiger partial charge >= 0.3 is 0 Å². The summed E-state index contributed by atoms with van der Waals surface area (Å²) >= 11 is 0.